The Labute approximate surface area is 136 Å². The summed E-state index contributed by atoms with van der Waals surface area (Å²) in [5.41, 5.74) is 3.53. The summed E-state index contributed by atoms with van der Waals surface area (Å²) in [5, 5.41) is 0.890. The van der Waals surface area contributed by atoms with Crippen molar-refractivity contribution in [3.63, 3.8) is 0 Å². The number of rotatable bonds is 3. The third-order valence-corrected chi connectivity index (χ3v) is 5.14. The van der Waals surface area contributed by atoms with Gasteiger partial charge in [-0.1, -0.05) is 6.07 Å². The highest BCUT2D eigenvalue weighted by Gasteiger charge is 2.14. The molecular formula is C16H14N2O2S2. The lowest BCUT2D eigenvalue weighted by atomic mass is 10.1. The molecule has 0 atom stereocenters. The van der Waals surface area contributed by atoms with Crippen LogP contribution in [0, 0.1) is 6.92 Å². The standard InChI is InChI=1S/C16H14N2O2S2/c1-9-4-5-10(16(19)20-2)6-11(9)15-18-14-12(21-3)7-17-8-13(14)22-15/h4-8H,1-3H3. The minimum Gasteiger partial charge on any atom is -0.465 e. The van der Waals surface area contributed by atoms with Crippen molar-refractivity contribution in [2.75, 3.05) is 13.4 Å². The molecule has 22 heavy (non-hydrogen) atoms. The molecule has 0 radical (unpaired) electrons. The number of hydrogen-bond donors (Lipinski definition) is 0. The van der Waals surface area contributed by atoms with Crippen LogP contribution in [0.4, 0.5) is 0 Å². The van der Waals surface area contributed by atoms with Crippen molar-refractivity contribution in [3.05, 3.63) is 41.7 Å². The van der Waals surface area contributed by atoms with E-state index in [-0.39, 0.29) is 5.97 Å². The van der Waals surface area contributed by atoms with E-state index in [0.29, 0.717) is 5.56 Å². The number of hydrogen-bond acceptors (Lipinski definition) is 6. The van der Waals surface area contributed by atoms with E-state index in [1.54, 1.807) is 29.2 Å². The van der Waals surface area contributed by atoms with Gasteiger partial charge in [0.15, 0.2) is 0 Å². The lowest BCUT2D eigenvalue weighted by Gasteiger charge is -2.05. The number of thioether (sulfide) groups is 1. The van der Waals surface area contributed by atoms with Crippen LogP contribution in [0.5, 0.6) is 0 Å². The number of nitrogens with zero attached hydrogens (tertiary/aromatic N) is 2. The van der Waals surface area contributed by atoms with E-state index in [2.05, 4.69) is 4.98 Å². The molecule has 6 heteroatoms. The van der Waals surface area contributed by atoms with Crippen LogP contribution < -0.4 is 0 Å². The van der Waals surface area contributed by atoms with E-state index in [1.807, 2.05) is 37.7 Å². The van der Waals surface area contributed by atoms with Gasteiger partial charge >= 0.3 is 5.97 Å². The van der Waals surface area contributed by atoms with Crippen molar-refractivity contribution in [2.45, 2.75) is 11.8 Å². The fraction of sp³-hybridized carbons (Fsp3) is 0.188. The monoisotopic (exact) mass is 330 g/mol. The highest BCUT2D eigenvalue weighted by Crippen LogP contribution is 2.35. The molecular weight excluding hydrogens is 316 g/mol. The zero-order valence-corrected chi connectivity index (χ0v) is 14.0. The van der Waals surface area contributed by atoms with Crippen molar-refractivity contribution < 1.29 is 9.53 Å². The van der Waals surface area contributed by atoms with E-state index in [9.17, 15) is 4.79 Å². The number of aromatic nitrogens is 2. The van der Waals surface area contributed by atoms with Crippen LogP contribution in [0.1, 0.15) is 15.9 Å². The van der Waals surface area contributed by atoms with Crippen molar-refractivity contribution in [3.8, 4) is 10.6 Å². The summed E-state index contributed by atoms with van der Waals surface area (Å²) in [4.78, 5) is 21.8. The van der Waals surface area contributed by atoms with Gasteiger partial charge in [0.2, 0.25) is 0 Å². The Kier molecular flexibility index (Phi) is 4.13. The van der Waals surface area contributed by atoms with Crippen LogP contribution in [0.3, 0.4) is 0 Å². The highest BCUT2D eigenvalue weighted by molar-refractivity contribution is 7.98. The summed E-state index contributed by atoms with van der Waals surface area (Å²) < 4.78 is 5.84. The third-order valence-electron chi connectivity index (χ3n) is 3.38. The molecule has 112 valence electrons. The number of aryl methyl sites for hydroxylation is 1. The SMILES string of the molecule is COC(=O)c1ccc(C)c(-c2nc3c(SC)cncc3s2)c1. The molecule has 3 aromatic rings. The molecule has 0 spiro atoms. The van der Waals surface area contributed by atoms with Gasteiger partial charge in [-0.25, -0.2) is 9.78 Å². The Bertz CT molecular complexity index is 858. The van der Waals surface area contributed by atoms with Crippen LogP contribution in [-0.4, -0.2) is 29.3 Å². The average molecular weight is 330 g/mol. The van der Waals surface area contributed by atoms with Gasteiger partial charge in [-0.2, -0.15) is 0 Å². The molecule has 1 aromatic carbocycles. The lowest BCUT2D eigenvalue weighted by Crippen LogP contribution is -2.01. The van der Waals surface area contributed by atoms with Gasteiger partial charge in [-0.15, -0.1) is 23.1 Å². The van der Waals surface area contributed by atoms with Crippen LogP contribution in [-0.2, 0) is 4.74 Å². The molecule has 0 saturated carbocycles. The molecule has 0 bridgehead atoms. The van der Waals surface area contributed by atoms with E-state index in [4.69, 9.17) is 9.72 Å². The Morgan fingerprint density at radius 1 is 1.32 bits per heavy atom. The van der Waals surface area contributed by atoms with Crippen molar-refractivity contribution in [2.24, 2.45) is 0 Å². The van der Waals surface area contributed by atoms with Gasteiger partial charge < -0.3 is 4.74 Å². The number of esters is 1. The molecule has 0 saturated heterocycles. The highest BCUT2D eigenvalue weighted by atomic mass is 32.2. The second-order valence-corrected chi connectivity index (χ2v) is 6.61. The molecule has 2 heterocycles. The number of carbonyl (C=O) groups is 1. The average Bonchev–Trinajstić information content (AvgIpc) is 2.98. The molecule has 0 aliphatic carbocycles. The first-order chi connectivity index (χ1) is 10.6. The Morgan fingerprint density at radius 3 is 2.86 bits per heavy atom. The van der Waals surface area contributed by atoms with Crippen LogP contribution in [0.15, 0.2) is 35.5 Å². The summed E-state index contributed by atoms with van der Waals surface area (Å²) in [6.07, 6.45) is 5.67. The van der Waals surface area contributed by atoms with E-state index in [1.165, 1.54) is 7.11 Å². The van der Waals surface area contributed by atoms with E-state index < -0.39 is 0 Å². The third kappa shape index (κ3) is 2.60. The zero-order chi connectivity index (χ0) is 15.7. The molecule has 0 fully saturated rings. The van der Waals surface area contributed by atoms with Crippen LogP contribution in [0.25, 0.3) is 20.8 Å². The van der Waals surface area contributed by atoms with E-state index in [0.717, 1.165) is 31.2 Å². The number of benzene rings is 1. The molecule has 0 unspecified atom stereocenters. The van der Waals surface area contributed by atoms with Crippen molar-refractivity contribution in [1.82, 2.24) is 9.97 Å². The van der Waals surface area contributed by atoms with Gasteiger partial charge in [-0.3, -0.25) is 4.98 Å². The molecule has 0 aliphatic rings. The van der Waals surface area contributed by atoms with Gasteiger partial charge in [0, 0.05) is 18.0 Å². The Balaban J connectivity index is 2.16. The molecule has 0 aliphatic heterocycles. The number of thiazole rings is 1. The second kappa shape index (κ2) is 6.06. The summed E-state index contributed by atoms with van der Waals surface area (Å²) in [6.45, 7) is 2.01. The largest absolute Gasteiger partial charge is 0.465 e. The minimum absolute atomic E-state index is 0.339. The Hall–Kier alpha value is -1.92. The van der Waals surface area contributed by atoms with Crippen molar-refractivity contribution in [1.29, 1.82) is 0 Å². The van der Waals surface area contributed by atoms with Gasteiger partial charge in [-0.05, 0) is 30.9 Å². The predicted molar refractivity (Wildman–Crippen MR) is 90.7 cm³/mol. The summed E-state index contributed by atoms with van der Waals surface area (Å²) >= 11 is 3.21. The summed E-state index contributed by atoms with van der Waals surface area (Å²) in [6, 6.07) is 5.53. The number of carbonyl (C=O) groups excluding carboxylic acids is 1. The molecule has 0 amide bonds. The second-order valence-electron chi connectivity index (χ2n) is 4.73. The normalized spacial score (nSPS) is 10.9. The zero-order valence-electron chi connectivity index (χ0n) is 12.4. The predicted octanol–water partition coefficient (Wildman–Crippen LogP) is 4.18. The Morgan fingerprint density at radius 2 is 2.14 bits per heavy atom. The van der Waals surface area contributed by atoms with Crippen LogP contribution >= 0.6 is 23.1 Å². The van der Waals surface area contributed by atoms with Gasteiger partial charge in [0.1, 0.15) is 5.01 Å². The maximum atomic E-state index is 11.7. The van der Waals surface area contributed by atoms with E-state index >= 15 is 0 Å². The lowest BCUT2D eigenvalue weighted by molar-refractivity contribution is 0.0601. The molecule has 0 N–H and O–H groups in total. The topological polar surface area (TPSA) is 52.1 Å². The maximum Gasteiger partial charge on any atom is 0.337 e. The minimum atomic E-state index is -0.339. The first-order valence-electron chi connectivity index (χ1n) is 6.62. The smallest absolute Gasteiger partial charge is 0.337 e. The fourth-order valence-electron chi connectivity index (χ4n) is 2.19. The summed E-state index contributed by atoms with van der Waals surface area (Å²) in [7, 11) is 1.38. The number of pyridine rings is 1. The maximum absolute atomic E-state index is 11.7. The quantitative estimate of drug-likeness (QED) is 0.533. The number of fused-ring (bicyclic) bond motifs is 1. The van der Waals surface area contributed by atoms with Crippen LogP contribution in [0.2, 0.25) is 0 Å². The summed E-state index contributed by atoms with van der Waals surface area (Å²) in [5.74, 6) is -0.339. The number of ether oxygens (including phenoxy) is 1. The molecule has 2 aromatic heterocycles. The first-order valence-corrected chi connectivity index (χ1v) is 8.66. The van der Waals surface area contributed by atoms with Crippen molar-refractivity contribution >= 4 is 39.3 Å². The molecule has 3 rings (SSSR count). The fourth-order valence-corrected chi connectivity index (χ4v) is 3.81. The van der Waals surface area contributed by atoms with Gasteiger partial charge in [0.25, 0.3) is 0 Å². The first kappa shape index (κ1) is 15.0. The number of methoxy groups -OCH3 is 1. The van der Waals surface area contributed by atoms with Gasteiger partial charge in [0.05, 0.1) is 27.8 Å². The molecule has 4 nitrogen and oxygen atoms in total.